The number of nitrogens with zero attached hydrogens (tertiary/aromatic N) is 3. The van der Waals surface area contributed by atoms with Crippen molar-refractivity contribution in [2.45, 2.75) is 49.1 Å². The molecule has 1 aromatic heterocycles. The number of carbonyl (C=O) groups excluding carboxylic acids is 2. The number of amides is 2. The molecule has 1 fully saturated rings. The SMILES string of the molecule is CC(C(=O)NC1CCOCC1)(c1cncnc1)N(C(=O)[C@H](F)Cl)c1ccc(C(F)(F)C(F)(F)F)cc1. The van der Waals surface area contributed by atoms with Crippen molar-refractivity contribution < 1.29 is 40.7 Å². The summed E-state index contributed by atoms with van der Waals surface area (Å²) >= 11 is 5.42. The van der Waals surface area contributed by atoms with Crippen molar-refractivity contribution in [3.8, 4) is 0 Å². The number of rotatable bonds is 7. The van der Waals surface area contributed by atoms with E-state index in [-0.39, 0.29) is 17.3 Å². The number of carbonyl (C=O) groups is 2. The van der Waals surface area contributed by atoms with E-state index in [1.165, 1.54) is 19.3 Å². The summed E-state index contributed by atoms with van der Waals surface area (Å²) in [7, 11) is 0. The van der Waals surface area contributed by atoms with Crippen LogP contribution in [0.3, 0.4) is 0 Å². The maximum atomic E-state index is 14.1. The Morgan fingerprint density at radius 2 is 1.61 bits per heavy atom. The van der Waals surface area contributed by atoms with Crippen LogP contribution in [0.15, 0.2) is 43.0 Å². The normalized spacial score (nSPS) is 17.7. The lowest BCUT2D eigenvalue weighted by Crippen LogP contribution is -2.60. The first-order valence-electron chi connectivity index (χ1n) is 10.6. The quantitative estimate of drug-likeness (QED) is 0.422. The predicted molar refractivity (Wildman–Crippen MR) is 116 cm³/mol. The summed E-state index contributed by atoms with van der Waals surface area (Å²) in [4.78, 5) is 34.8. The molecule has 1 aromatic carbocycles. The number of aromatic nitrogens is 2. The van der Waals surface area contributed by atoms with Crippen LogP contribution >= 0.6 is 11.6 Å². The van der Waals surface area contributed by atoms with E-state index in [0.29, 0.717) is 43.1 Å². The standard InChI is InChI=1S/C22H21ClF6N4O3/c1-20(14-10-30-12-31-11-14,19(35)32-15-6-8-36-9-7-15)33(18(34)17(23)24)16-4-2-13(3-5-16)21(25,26)22(27,28)29/h2-5,10-12,15,17H,6-9H2,1H3,(H,32,35)/t17-,20?/m0/s1. The Labute approximate surface area is 206 Å². The summed E-state index contributed by atoms with van der Waals surface area (Å²) in [6.07, 6.45) is -1.47. The first-order valence-corrected chi connectivity index (χ1v) is 11.0. The summed E-state index contributed by atoms with van der Waals surface area (Å²) in [6.45, 7) is 1.96. The van der Waals surface area contributed by atoms with Crippen molar-refractivity contribution in [1.29, 1.82) is 0 Å². The second kappa shape index (κ2) is 10.6. The Kier molecular flexibility index (Phi) is 8.13. The zero-order valence-electron chi connectivity index (χ0n) is 18.7. The van der Waals surface area contributed by atoms with E-state index in [4.69, 9.17) is 16.3 Å². The Morgan fingerprint density at radius 1 is 1.06 bits per heavy atom. The van der Waals surface area contributed by atoms with Crippen molar-refractivity contribution in [2.75, 3.05) is 18.1 Å². The predicted octanol–water partition coefficient (Wildman–Crippen LogP) is 4.21. The molecule has 2 atom stereocenters. The Balaban J connectivity index is 2.12. The van der Waals surface area contributed by atoms with Gasteiger partial charge in [0.1, 0.15) is 6.33 Å². The topological polar surface area (TPSA) is 84.4 Å². The first kappa shape index (κ1) is 27.7. The van der Waals surface area contributed by atoms with Gasteiger partial charge in [-0.25, -0.2) is 14.4 Å². The van der Waals surface area contributed by atoms with Crippen LogP contribution in [-0.2, 0) is 25.8 Å². The highest BCUT2D eigenvalue weighted by Crippen LogP contribution is 2.44. The van der Waals surface area contributed by atoms with E-state index < -0.39 is 40.6 Å². The highest BCUT2D eigenvalue weighted by atomic mass is 35.5. The minimum Gasteiger partial charge on any atom is -0.381 e. The van der Waals surface area contributed by atoms with Gasteiger partial charge in [0.05, 0.1) is 0 Å². The summed E-state index contributed by atoms with van der Waals surface area (Å²) in [5.74, 6) is -7.45. The van der Waals surface area contributed by atoms with Gasteiger partial charge in [-0.15, -0.1) is 0 Å². The molecule has 2 heterocycles. The van der Waals surface area contributed by atoms with Crippen molar-refractivity contribution in [3.63, 3.8) is 0 Å². The van der Waals surface area contributed by atoms with Crippen molar-refractivity contribution in [3.05, 3.63) is 54.1 Å². The maximum Gasteiger partial charge on any atom is 0.458 e. The maximum absolute atomic E-state index is 14.1. The molecule has 0 aliphatic carbocycles. The highest BCUT2D eigenvalue weighted by Gasteiger charge is 2.58. The fourth-order valence-corrected chi connectivity index (χ4v) is 3.86. The molecule has 0 bridgehead atoms. The third-order valence-corrected chi connectivity index (χ3v) is 6.01. The number of benzene rings is 1. The summed E-state index contributed by atoms with van der Waals surface area (Å²) in [5.41, 5.74) is -6.53. The van der Waals surface area contributed by atoms with E-state index in [2.05, 4.69) is 15.3 Å². The largest absolute Gasteiger partial charge is 0.458 e. The fraction of sp³-hybridized carbons (Fsp3) is 0.455. The van der Waals surface area contributed by atoms with Gasteiger partial charge in [0.15, 0.2) is 5.54 Å². The molecule has 0 spiro atoms. The number of nitrogens with one attached hydrogen (secondary N) is 1. The number of hydrogen-bond acceptors (Lipinski definition) is 5. The van der Waals surface area contributed by atoms with E-state index in [1.54, 1.807) is 0 Å². The molecule has 14 heteroatoms. The number of halogens is 7. The average molecular weight is 539 g/mol. The van der Waals surface area contributed by atoms with E-state index in [9.17, 15) is 35.9 Å². The van der Waals surface area contributed by atoms with E-state index >= 15 is 0 Å². The van der Waals surface area contributed by atoms with Gasteiger partial charge in [-0.2, -0.15) is 22.0 Å². The third kappa shape index (κ3) is 5.41. The number of alkyl halides is 7. The fourth-order valence-electron chi connectivity index (χ4n) is 3.77. The van der Waals surface area contributed by atoms with Gasteiger partial charge < -0.3 is 10.1 Å². The lowest BCUT2D eigenvalue weighted by Gasteiger charge is -2.41. The van der Waals surface area contributed by atoms with Crippen LogP contribution in [0.1, 0.15) is 30.9 Å². The molecule has 2 aromatic rings. The summed E-state index contributed by atoms with van der Waals surface area (Å²) in [5, 5.41) is 2.75. The molecule has 0 saturated carbocycles. The molecule has 36 heavy (non-hydrogen) atoms. The van der Waals surface area contributed by atoms with Crippen molar-refractivity contribution >= 4 is 29.1 Å². The van der Waals surface area contributed by atoms with Crippen LogP contribution in [0.2, 0.25) is 0 Å². The Hall–Kier alpha value is -2.93. The van der Waals surface area contributed by atoms with Crippen LogP contribution in [0.5, 0.6) is 0 Å². The van der Waals surface area contributed by atoms with E-state index in [0.717, 1.165) is 18.5 Å². The summed E-state index contributed by atoms with van der Waals surface area (Å²) < 4.78 is 85.4. The van der Waals surface area contributed by atoms with Gasteiger partial charge in [0.25, 0.3) is 17.4 Å². The molecule has 2 amide bonds. The van der Waals surface area contributed by atoms with Crippen LogP contribution < -0.4 is 10.2 Å². The number of hydrogen-bond donors (Lipinski definition) is 1. The highest BCUT2D eigenvalue weighted by molar-refractivity contribution is 6.32. The first-order chi connectivity index (χ1) is 16.8. The van der Waals surface area contributed by atoms with Gasteiger partial charge in [0, 0.05) is 48.5 Å². The molecular weight excluding hydrogens is 518 g/mol. The van der Waals surface area contributed by atoms with Crippen molar-refractivity contribution in [1.82, 2.24) is 15.3 Å². The van der Waals surface area contributed by atoms with Crippen LogP contribution in [0.4, 0.5) is 32.0 Å². The van der Waals surface area contributed by atoms with Gasteiger partial charge >= 0.3 is 12.1 Å². The zero-order valence-corrected chi connectivity index (χ0v) is 19.5. The number of ether oxygens (including phenoxy) is 1. The van der Waals surface area contributed by atoms with Crippen molar-refractivity contribution in [2.24, 2.45) is 0 Å². The molecule has 0 radical (unpaired) electrons. The third-order valence-electron chi connectivity index (χ3n) is 5.82. The van der Waals surface area contributed by atoms with Crippen LogP contribution in [0.25, 0.3) is 0 Å². The molecular formula is C22H21ClF6N4O3. The lowest BCUT2D eigenvalue weighted by atomic mass is 9.89. The van der Waals surface area contributed by atoms with Gasteiger partial charge in [-0.1, -0.05) is 23.7 Å². The molecule has 7 nitrogen and oxygen atoms in total. The molecule has 1 saturated heterocycles. The van der Waals surface area contributed by atoms with Gasteiger partial charge in [0.2, 0.25) is 0 Å². The van der Waals surface area contributed by atoms with E-state index in [1.807, 2.05) is 0 Å². The molecule has 1 aliphatic rings. The minimum atomic E-state index is -5.87. The second-order valence-electron chi connectivity index (χ2n) is 8.15. The molecule has 1 unspecified atom stereocenters. The lowest BCUT2D eigenvalue weighted by molar-refractivity contribution is -0.289. The minimum absolute atomic E-state index is 0.00456. The molecule has 1 N–H and O–H groups in total. The molecule has 196 valence electrons. The second-order valence-corrected chi connectivity index (χ2v) is 8.54. The van der Waals surface area contributed by atoms with Gasteiger partial charge in [-0.05, 0) is 31.9 Å². The number of anilines is 1. The average Bonchev–Trinajstić information content (AvgIpc) is 2.84. The Morgan fingerprint density at radius 3 is 2.11 bits per heavy atom. The monoisotopic (exact) mass is 538 g/mol. The Bertz CT molecular complexity index is 1070. The molecule has 1 aliphatic heterocycles. The van der Waals surface area contributed by atoms with Gasteiger partial charge in [-0.3, -0.25) is 14.5 Å². The van der Waals surface area contributed by atoms with Crippen LogP contribution in [0, 0.1) is 0 Å². The molecule has 3 rings (SSSR count). The van der Waals surface area contributed by atoms with Crippen LogP contribution in [-0.4, -0.2) is 52.8 Å². The summed E-state index contributed by atoms with van der Waals surface area (Å²) in [6, 6.07) is 2.00. The smallest absolute Gasteiger partial charge is 0.381 e. The zero-order chi connectivity index (χ0) is 26.7.